The van der Waals surface area contributed by atoms with Gasteiger partial charge in [-0.3, -0.25) is 4.79 Å². The van der Waals surface area contributed by atoms with Gasteiger partial charge in [0.1, 0.15) is 5.75 Å². The Hall–Kier alpha value is -1.65. The molecule has 2 rings (SSSR count). The molecule has 0 fully saturated rings. The Balaban J connectivity index is 1.76. The predicted molar refractivity (Wildman–Crippen MR) is 88.9 cm³/mol. The van der Waals surface area contributed by atoms with Crippen LogP contribution in [0.5, 0.6) is 5.75 Å². The molecule has 0 aliphatic heterocycles. The number of aromatic nitrogens is 1. The predicted octanol–water partition coefficient (Wildman–Crippen LogP) is 3.61. The van der Waals surface area contributed by atoms with E-state index in [1.54, 1.807) is 18.2 Å². The van der Waals surface area contributed by atoms with Crippen LogP contribution in [0.4, 0.5) is 0 Å². The molecule has 2 aromatic rings. The van der Waals surface area contributed by atoms with Crippen LogP contribution in [0.2, 0.25) is 10.0 Å². The molecule has 0 bridgehead atoms. The van der Waals surface area contributed by atoms with Gasteiger partial charge >= 0.3 is 0 Å². The van der Waals surface area contributed by atoms with Gasteiger partial charge in [0.15, 0.2) is 6.61 Å². The molecule has 1 aromatic carbocycles. The molecule has 0 saturated heterocycles. The molecule has 0 unspecified atom stereocenters. The number of benzene rings is 1. The topological polar surface area (TPSA) is 43.3 Å². The summed E-state index contributed by atoms with van der Waals surface area (Å²) >= 11 is 11.8. The number of halogens is 2. The maximum atomic E-state index is 11.8. The highest BCUT2D eigenvalue weighted by Gasteiger charge is 2.07. The van der Waals surface area contributed by atoms with Crippen molar-refractivity contribution in [2.45, 2.75) is 20.4 Å². The Bertz CT molecular complexity index is 649. The van der Waals surface area contributed by atoms with Crippen LogP contribution < -0.4 is 10.1 Å². The van der Waals surface area contributed by atoms with Gasteiger partial charge in [0.25, 0.3) is 5.91 Å². The molecule has 0 saturated carbocycles. The molecule has 0 aliphatic rings. The van der Waals surface area contributed by atoms with Crippen molar-refractivity contribution in [3.8, 4) is 5.75 Å². The van der Waals surface area contributed by atoms with Crippen LogP contribution in [0.25, 0.3) is 0 Å². The molecule has 1 heterocycles. The molecule has 1 amide bonds. The van der Waals surface area contributed by atoms with Crippen LogP contribution >= 0.6 is 23.2 Å². The molecule has 118 valence electrons. The van der Waals surface area contributed by atoms with Crippen molar-refractivity contribution in [2.24, 2.45) is 0 Å². The van der Waals surface area contributed by atoms with Crippen molar-refractivity contribution in [3.05, 3.63) is 51.8 Å². The van der Waals surface area contributed by atoms with E-state index in [-0.39, 0.29) is 12.5 Å². The summed E-state index contributed by atoms with van der Waals surface area (Å²) in [4.78, 5) is 11.8. The average Bonchev–Trinajstić information content (AvgIpc) is 2.78. The number of nitrogens with one attached hydrogen (secondary N) is 1. The van der Waals surface area contributed by atoms with Crippen molar-refractivity contribution in [1.82, 2.24) is 9.88 Å². The molecule has 0 spiro atoms. The highest BCUT2D eigenvalue weighted by molar-refractivity contribution is 6.35. The Morgan fingerprint density at radius 2 is 1.86 bits per heavy atom. The second-order valence-electron chi connectivity index (χ2n) is 4.98. The smallest absolute Gasteiger partial charge is 0.258 e. The lowest BCUT2D eigenvalue weighted by molar-refractivity contribution is -0.123. The van der Waals surface area contributed by atoms with Crippen molar-refractivity contribution < 1.29 is 9.53 Å². The van der Waals surface area contributed by atoms with Gasteiger partial charge in [0, 0.05) is 29.5 Å². The number of rotatable bonds is 6. The standard InChI is InChI=1S/C16H18Cl2N2O2/c1-11-3-4-12(2)20(11)8-7-19-16(21)10-22-15-6-5-13(17)9-14(15)18/h3-6,9H,7-8,10H2,1-2H3,(H,19,21). The van der Waals surface area contributed by atoms with Gasteiger partial charge in [-0.25, -0.2) is 0 Å². The first-order valence-corrected chi connectivity index (χ1v) is 7.70. The highest BCUT2D eigenvalue weighted by atomic mass is 35.5. The summed E-state index contributed by atoms with van der Waals surface area (Å²) in [5, 5.41) is 3.74. The van der Waals surface area contributed by atoms with Crippen LogP contribution in [0.1, 0.15) is 11.4 Å². The number of ether oxygens (including phenoxy) is 1. The largest absolute Gasteiger partial charge is 0.482 e. The number of carbonyl (C=O) groups excluding carboxylic acids is 1. The summed E-state index contributed by atoms with van der Waals surface area (Å²) in [6, 6.07) is 9.00. The minimum atomic E-state index is -0.187. The lowest BCUT2D eigenvalue weighted by atomic mass is 10.3. The van der Waals surface area contributed by atoms with E-state index in [9.17, 15) is 4.79 Å². The van der Waals surface area contributed by atoms with E-state index >= 15 is 0 Å². The lowest BCUT2D eigenvalue weighted by Crippen LogP contribution is -2.31. The van der Waals surface area contributed by atoms with E-state index in [0.29, 0.717) is 22.3 Å². The van der Waals surface area contributed by atoms with Gasteiger partial charge in [-0.2, -0.15) is 0 Å². The monoisotopic (exact) mass is 340 g/mol. The normalized spacial score (nSPS) is 10.5. The SMILES string of the molecule is Cc1ccc(C)n1CCNC(=O)COc1ccc(Cl)cc1Cl. The van der Waals surface area contributed by atoms with Gasteiger partial charge in [-0.1, -0.05) is 23.2 Å². The summed E-state index contributed by atoms with van der Waals surface area (Å²) < 4.78 is 7.53. The minimum Gasteiger partial charge on any atom is -0.482 e. The molecule has 6 heteroatoms. The summed E-state index contributed by atoms with van der Waals surface area (Å²) in [5.41, 5.74) is 2.35. The quantitative estimate of drug-likeness (QED) is 0.872. The van der Waals surface area contributed by atoms with Gasteiger partial charge in [0.2, 0.25) is 0 Å². The van der Waals surface area contributed by atoms with Gasteiger partial charge in [0.05, 0.1) is 5.02 Å². The van der Waals surface area contributed by atoms with Crippen LogP contribution in [-0.4, -0.2) is 23.6 Å². The maximum absolute atomic E-state index is 11.8. The fraction of sp³-hybridized carbons (Fsp3) is 0.312. The zero-order valence-corrected chi connectivity index (χ0v) is 14.0. The molecule has 1 aromatic heterocycles. The Morgan fingerprint density at radius 1 is 1.18 bits per heavy atom. The Kier molecular flexibility index (Phi) is 5.75. The van der Waals surface area contributed by atoms with E-state index in [4.69, 9.17) is 27.9 Å². The summed E-state index contributed by atoms with van der Waals surface area (Å²) in [5.74, 6) is 0.256. The first-order valence-electron chi connectivity index (χ1n) is 6.94. The van der Waals surface area contributed by atoms with E-state index in [1.165, 1.54) is 11.4 Å². The van der Waals surface area contributed by atoms with Crippen molar-refractivity contribution >= 4 is 29.1 Å². The van der Waals surface area contributed by atoms with E-state index in [0.717, 1.165) is 6.54 Å². The number of carbonyl (C=O) groups is 1. The highest BCUT2D eigenvalue weighted by Crippen LogP contribution is 2.27. The van der Waals surface area contributed by atoms with Gasteiger partial charge in [-0.15, -0.1) is 0 Å². The van der Waals surface area contributed by atoms with Crippen molar-refractivity contribution in [1.29, 1.82) is 0 Å². The first kappa shape index (κ1) is 16.7. The fourth-order valence-corrected chi connectivity index (χ4v) is 2.61. The number of hydrogen-bond donors (Lipinski definition) is 1. The molecule has 0 radical (unpaired) electrons. The van der Waals surface area contributed by atoms with Crippen LogP contribution in [0.15, 0.2) is 30.3 Å². The Labute approximate surface area is 140 Å². The van der Waals surface area contributed by atoms with Gasteiger partial charge in [-0.05, 0) is 44.2 Å². The van der Waals surface area contributed by atoms with Gasteiger partial charge < -0.3 is 14.6 Å². The number of nitrogens with zero attached hydrogens (tertiary/aromatic N) is 1. The van der Waals surface area contributed by atoms with E-state index in [1.807, 2.05) is 13.8 Å². The third-order valence-corrected chi connectivity index (χ3v) is 3.86. The third-order valence-electron chi connectivity index (χ3n) is 3.33. The van der Waals surface area contributed by atoms with Crippen molar-refractivity contribution in [3.63, 3.8) is 0 Å². The lowest BCUT2D eigenvalue weighted by Gasteiger charge is -2.11. The zero-order valence-electron chi connectivity index (χ0n) is 12.5. The van der Waals surface area contributed by atoms with Crippen molar-refractivity contribution in [2.75, 3.05) is 13.2 Å². The zero-order chi connectivity index (χ0) is 16.1. The molecular weight excluding hydrogens is 323 g/mol. The maximum Gasteiger partial charge on any atom is 0.258 e. The molecule has 22 heavy (non-hydrogen) atoms. The van der Waals surface area contributed by atoms with E-state index in [2.05, 4.69) is 22.0 Å². The minimum absolute atomic E-state index is 0.0784. The van der Waals surface area contributed by atoms with Crippen LogP contribution in [-0.2, 0) is 11.3 Å². The van der Waals surface area contributed by atoms with Crippen LogP contribution in [0.3, 0.4) is 0 Å². The molecule has 4 nitrogen and oxygen atoms in total. The third kappa shape index (κ3) is 4.42. The number of hydrogen-bond acceptors (Lipinski definition) is 2. The number of amides is 1. The fourth-order valence-electron chi connectivity index (χ4n) is 2.15. The van der Waals surface area contributed by atoms with Crippen LogP contribution in [0, 0.1) is 13.8 Å². The molecule has 1 N–H and O–H groups in total. The molecule has 0 aliphatic carbocycles. The summed E-state index contributed by atoms with van der Waals surface area (Å²) in [6.45, 7) is 5.29. The number of aryl methyl sites for hydroxylation is 2. The summed E-state index contributed by atoms with van der Waals surface area (Å²) in [7, 11) is 0. The summed E-state index contributed by atoms with van der Waals surface area (Å²) in [6.07, 6.45) is 0. The van der Waals surface area contributed by atoms with E-state index < -0.39 is 0 Å². The Morgan fingerprint density at radius 3 is 2.50 bits per heavy atom. The average molecular weight is 341 g/mol. The second kappa shape index (κ2) is 7.56. The molecular formula is C16H18Cl2N2O2. The molecule has 0 atom stereocenters. The first-order chi connectivity index (χ1) is 10.5. The second-order valence-corrected chi connectivity index (χ2v) is 5.82.